The van der Waals surface area contributed by atoms with Gasteiger partial charge in [0.15, 0.2) is 0 Å². The molecule has 3 N–H and O–H groups in total. The minimum atomic E-state index is -0.392. The van der Waals surface area contributed by atoms with E-state index in [4.69, 9.17) is 10.5 Å². The molecule has 1 heterocycles. The summed E-state index contributed by atoms with van der Waals surface area (Å²) in [6.45, 7) is 1.60. The molecule has 2 rings (SSSR count). The number of hydrogen-bond acceptors (Lipinski definition) is 5. The number of nitrogens with zero attached hydrogens (tertiary/aromatic N) is 1. The van der Waals surface area contributed by atoms with Crippen LogP contribution in [0.15, 0.2) is 18.2 Å². The fourth-order valence-electron chi connectivity index (χ4n) is 2.24. The molecule has 19 heavy (non-hydrogen) atoms. The van der Waals surface area contributed by atoms with Crippen LogP contribution in [0.2, 0.25) is 0 Å². The van der Waals surface area contributed by atoms with Crippen LogP contribution in [0.1, 0.15) is 6.42 Å². The molecule has 0 radical (unpaired) electrons. The quantitative estimate of drug-likeness (QED) is 0.803. The number of benzene rings is 1. The van der Waals surface area contributed by atoms with Crippen molar-refractivity contribution in [2.75, 3.05) is 37.9 Å². The third-order valence-electron chi connectivity index (χ3n) is 3.21. The van der Waals surface area contributed by atoms with Crippen molar-refractivity contribution in [2.45, 2.75) is 12.5 Å². The molecule has 1 aliphatic rings. The topological polar surface area (TPSA) is 76.8 Å². The van der Waals surface area contributed by atoms with Gasteiger partial charge in [-0.15, -0.1) is 0 Å². The molecule has 104 valence electrons. The molecular formula is C13H19N3O3. The number of ether oxygens (including phenoxy) is 2. The first-order valence-electron chi connectivity index (χ1n) is 6.16. The molecule has 1 fully saturated rings. The van der Waals surface area contributed by atoms with E-state index in [9.17, 15) is 4.79 Å². The lowest BCUT2D eigenvalue weighted by atomic mass is 10.2. The Morgan fingerprint density at radius 1 is 1.42 bits per heavy atom. The second-order valence-electron chi connectivity index (χ2n) is 4.53. The molecule has 1 saturated heterocycles. The Labute approximate surface area is 112 Å². The number of carbonyl (C=O) groups excluding carboxylic acids is 1. The average Bonchev–Trinajstić information content (AvgIpc) is 2.86. The van der Waals surface area contributed by atoms with Crippen molar-refractivity contribution in [1.29, 1.82) is 0 Å². The number of amides is 1. The van der Waals surface area contributed by atoms with Crippen molar-refractivity contribution < 1.29 is 14.3 Å². The van der Waals surface area contributed by atoms with Gasteiger partial charge < -0.3 is 25.4 Å². The number of carbonyl (C=O) groups is 1. The Morgan fingerprint density at radius 2 is 2.21 bits per heavy atom. The monoisotopic (exact) mass is 265 g/mol. The van der Waals surface area contributed by atoms with Crippen LogP contribution in [0, 0.1) is 0 Å². The predicted molar refractivity (Wildman–Crippen MR) is 73.6 cm³/mol. The van der Waals surface area contributed by atoms with E-state index < -0.39 is 6.09 Å². The van der Waals surface area contributed by atoms with Gasteiger partial charge in [-0.05, 0) is 12.5 Å². The Kier molecular flexibility index (Phi) is 3.99. The molecule has 1 aromatic carbocycles. The van der Waals surface area contributed by atoms with E-state index in [0.29, 0.717) is 5.69 Å². The van der Waals surface area contributed by atoms with E-state index in [1.165, 1.54) is 7.11 Å². The molecule has 0 spiro atoms. The molecule has 6 heteroatoms. The molecule has 6 nitrogen and oxygen atoms in total. The van der Waals surface area contributed by atoms with Gasteiger partial charge in [0.2, 0.25) is 0 Å². The summed E-state index contributed by atoms with van der Waals surface area (Å²) in [5.41, 5.74) is 7.51. The number of alkyl carbamates (subject to hydrolysis) is 1. The summed E-state index contributed by atoms with van der Waals surface area (Å²) in [4.78, 5) is 13.3. The van der Waals surface area contributed by atoms with Crippen molar-refractivity contribution in [2.24, 2.45) is 0 Å². The number of nitrogens with one attached hydrogen (secondary N) is 1. The average molecular weight is 265 g/mol. The summed E-state index contributed by atoms with van der Waals surface area (Å²) in [5, 5.41) is 2.81. The standard InChI is InChI=1S/C13H19N3O3/c1-18-12-6-9(14)5-11(7-12)16-4-3-10(8-16)15-13(17)19-2/h5-7,10H,3-4,8,14H2,1-2H3,(H,15,17). The molecule has 0 aromatic heterocycles. The highest BCUT2D eigenvalue weighted by molar-refractivity contribution is 5.68. The molecule has 1 atom stereocenters. The van der Waals surface area contributed by atoms with Crippen molar-refractivity contribution in [3.05, 3.63) is 18.2 Å². The van der Waals surface area contributed by atoms with Crippen molar-refractivity contribution in [3.8, 4) is 5.75 Å². The molecule has 1 aromatic rings. The van der Waals surface area contributed by atoms with E-state index in [1.807, 2.05) is 12.1 Å². The van der Waals surface area contributed by atoms with Crippen LogP contribution in [0.5, 0.6) is 5.75 Å². The number of hydrogen-bond donors (Lipinski definition) is 2. The van der Waals surface area contributed by atoms with Gasteiger partial charge in [0.25, 0.3) is 0 Å². The molecule has 0 bridgehead atoms. The number of methoxy groups -OCH3 is 2. The second kappa shape index (κ2) is 5.69. The first kappa shape index (κ1) is 13.3. The first-order valence-corrected chi connectivity index (χ1v) is 6.16. The Morgan fingerprint density at radius 3 is 2.89 bits per heavy atom. The van der Waals surface area contributed by atoms with Gasteiger partial charge in [0.05, 0.1) is 20.3 Å². The number of anilines is 2. The molecule has 0 saturated carbocycles. The summed E-state index contributed by atoms with van der Waals surface area (Å²) in [5.74, 6) is 0.736. The molecular weight excluding hydrogens is 246 g/mol. The van der Waals surface area contributed by atoms with E-state index in [-0.39, 0.29) is 6.04 Å². The third-order valence-corrected chi connectivity index (χ3v) is 3.21. The second-order valence-corrected chi connectivity index (χ2v) is 4.53. The minimum Gasteiger partial charge on any atom is -0.497 e. The Bertz CT molecular complexity index is 464. The highest BCUT2D eigenvalue weighted by Crippen LogP contribution is 2.27. The maximum atomic E-state index is 11.2. The van der Waals surface area contributed by atoms with Crippen molar-refractivity contribution >= 4 is 17.5 Å². The minimum absolute atomic E-state index is 0.0971. The summed E-state index contributed by atoms with van der Waals surface area (Å²) in [6, 6.07) is 5.73. The maximum absolute atomic E-state index is 11.2. The zero-order valence-electron chi connectivity index (χ0n) is 11.2. The van der Waals surface area contributed by atoms with Crippen molar-refractivity contribution in [1.82, 2.24) is 5.32 Å². The fourth-order valence-corrected chi connectivity index (χ4v) is 2.24. The van der Waals surface area contributed by atoms with Crippen LogP contribution in [0.4, 0.5) is 16.2 Å². The van der Waals surface area contributed by atoms with Crippen LogP contribution < -0.4 is 20.7 Å². The SMILES string of the molecule is COC(=O)NC1CCN(c2cc(N)cc(OC)c2)C1. The van der Waals surface area contributed by atoms with Gasteiger partial charge in [-0.3, -0.25) is 0 Å². The molecule has 1 aliphatic heterocycles. The smallest absolute Gasteiger partial charge is 0.407 e. The van der Waals surface area contributed by atoms with Crippen LogP contribution in [-0.4, -0.2) is 39.4 Å². The lowest BCUT2D eigenvalue weighted by Crippen LogP contribution is -2.36. The van der Waals surface area contributed by atoms with Gasteiger partial charge in [-0.1, -0.05) is 0 Å². The zero-order valence-corrected chi connectivity index (χ0v) is 11.2. The summed E-state index contributed by atoms with van der Waals surface area (Å²) < 4.78 is 9.81. The highest BCUT2D eigenvalue weighted by atomic mass is 16.5. The van der Waals surface area contributed by atoms with Gasteiger partial charge in [0, 0.05) is 36.6 Å². The lowest BCUT2D eigenvalue weighted by molar-refractivity contribution is 0.167. The summed E-state index contributed by atoms with van der Waals surface area (Å²) >= 11 is 0. The number of nitrogens with two attached hydrogens (primary N) is 1. The van der Waals surface area contributed by atoms with E-state index in [0.717, 1.165) is 30.9 Å². The van der Waals surface area contributed by atoms with Gasteiger partial charge in [0.1, 0.15) is 5.75 Å². The van der Waals surface area contributed by atoms with Gasteiger partial charge >= 0.3 is 6.09 Å². The van der Waals surface area contributed by atoms with Crippen LogP contribution in [0.3, 0.4) is 0 Å². The molecule has 0 aliphatic carbocycles. The normalized spacial score (nSPS) is 18.2. The number of nitrogen functional groups attached to an aromatic ring is 1. The number of rotatable bonds is 3. The zero-order chi connectivity index (χ0) is 13.8. The lowest BCUT2D eigenvalue weighted by Gasteiger charge is -2.20. The van der Waals surface area contributed by atoms with Crippen LogP contribution in [-0.2, 0) is 4.74 Å². The maximum Gasteiger partial charge on any atom is 0.407 e. The van der Waals surface area contributed by atoms with E-state index >= 15 is 0 Å². The molecule has 1 amide bonds. The third kappa shape index (κ3) is 3.21. The first-order chi connectivity index (χ1) is 9.12. The highest BCUT2D eigenvalue weighted by Gasteiger charge is 2.24. The van der Waals surface area contributed by atoms with Crippen LogP contribution >= 0.6 is 0 Å². The van der Waals surface area contributed by atoms with Gasteiger partial charge in [-0.2, -0.15) is 0 Å². The largest absolute Gasteiger partial charge is 0.497 e. The van der Waals surface area contributed by atoms with Crippen LogP contribution in [0.25, 0.3) is 0 Å². The summed E-state index contributed by atoms with van der Waals surface area (Å²) in [6.07, 6.45) is 0.490. The van der Waals surface area contributed by atoms with E-state index in [2.05, 4.69) is 15.0 Å². The van der Waals surface area contributed by atoms with Gasteiger partial charge in [-0.25, -0.2) is 4.79 Å². The fraction of sp³-hybridized carbons (Fsp3) is 0.462. The van der Waals surface area contributed by atoms with E-state index in [1.54, 1.807) is 13.2 Å². The Hall–Kier alpha value is -2.11. The van der Waals surface area contributed by atoms with Crippen molar-refractivity contribution in [3.63, 3.8) is 0 Å². The predicted octanol–water partition coefficient (Wildman–Crippen LogP) is 1.21. The molecule has 1 unspecified atom stereocenters. The Balaban J connectivity index is 2.04. The summed E-state index contributed by atoms with van der Waals surface area (Å²) in [7, 11) is 2.98.